The molecule has 4 amide bonds. The lowest BCUT2D eigenvalue weighted by Gasteiger charge is -2.23. The van der Waals surface area contributed by atoms with Crippen molar-refractivity contribution in [1.82, 2.24) is 14.7 Å². The molecule has 0 spiro atoms. The van der Waals surface area contributed by atoms with E-state index in [9.17, 15) is 14.4 Å². The number of nitrogens with zero attached hydrogens (tertiary/aromatic N) is 3. The summed E-state index contributed by atoms with van der Waals surface area (Å²) in [6, 6.07) is -0.387. The lowest BCUT2D eigenvalue weighted by molar-refractivity contribution is -0.135. The first-order valence-corrected chi connectivity index (χ1v) is 6.79. The number of rotatable bonds is 6. The summed E-state index contributed by atoms with van der Waals surface area (Å²) in [5.41, 5.74) is 5.93. The van der Waals surface area contributed by atoms with Gasteiger partial charge in [-0.1, -0.05) is 13.8 Å². The molecule has 0 aromatic rings. The second kappa shape index (κ2) is 6.69. The minimum absolute atomic E-state index is 0.0337. The number of carbonyl (C=O) groups is 3. The molecular formula is C13H24N4O3. The predicted octanol–water partition coefficient (Wildman–Crippen LogP) is -0.288. The van der Waals surface area contributed by atoms with Crippen LogP contribution in [0.5, 0.6) is 0 Å². The van der Waals surface area contributed by atoms with E-state index in [0.29, 0.717) is 18.9 Å². The van der Waals surface area contributed by atoms with Crippen LogP contribution in [0.4, 0.5) is 4.79 Å². The summed E-state index contributed by atoms with van der Waals surface area (Å²) in [6.45, 7) is 4.42. The molecule has 114 valence electrons. The zero-order valence-electron chi connectivity index (χ0n) is 12.6. The van der Waals surface area contributed by atoms with Crippen LogP contribution >= 0.6 is 0 Å². The predicted molar refractivity (Wildman–Crippen MR) is 74.8 cm³/mol. The smallest absolute Gasteiger partial charge is 0.327 e. The van der Waals surface area contributed by atoms with Gasteiger partial charge in [-0.25, -0.2) is 4.79 Å². The van der Waals surface area contributed by atoms with E-state index in [1.807, 2.05) is 13.8 Å². The largest absolute Gasteiger partial charge is 0.344 e. The summed E-state index contributed by atoms with van der Waals surface area (Å²) >= 11 is 0. The molecule has 1 heterocycles. The number of likely N-dealkylation sites (N-methyl/N-ethyl adjacent to an activating group) is 2. The van der Waals surface area contributed by atoms with Crippen molar-refractivity contribution in [3.63, 3.8) is 0 Å². The third kappa shape index (κ3) is 3.93. The molecule has 20 heavy (non-hydrogen) atoms. The van der Waals surface area contributed by atoms with Gasteiger partial charge in [-0.2, -0.15) is 0 Å². The third-order valence-corrected chi connectivity index (χ3v) is 3.60. The molecule has 0 saturated carbocycles. The molecule has 0 aliphatic carbocycles. The van der Waals surface area contributed by atoms with Crippen molar-refractivity contribution in [2.45, 2.75) is 26.3 Å². The number of nitrogens with two attached hydrogens (primary N) is 1. The fourth-order valence-electron chi connectivity index (χ4n) is 1.88. The van der Waals surface area contributed by atoms with Crippen molar-refractivity contribution in [3.05, 3.63) is 0 Å². The molecule has 2 N–H and O–H groups in total. The van der Waals surface area contributed by atoms with Crippen LogP contribution in [0.25, 0.3) is 0 Å². The van der Waals surface area contributed by atoms with E-state index < -0.39 is 6.03 Å². The van der Waals surface area contributed by atoms with Gasteiger partial charge in [-0.05, 0) is 12.3 Å². The van der Waals surface area contributed by atoms with E-state index in [2.05, 4.69) is 0 Å². The first kappa shape index (κ1) is 16.4. The van der Waals surface area contributed by atoms with Crippen molar-refractivity contribution in [2.75, 3.05) is 33.7 Å². The molecular weight excluding hydrogens is 260 g/mol. The Balaban J connectivity index is 2.46. The number of imide groups is 1. The fraction of sp³-hybridized carbons (Fsp3) is 0.769. The van der Waals surface area contributed by atoms with Crippen molar-refractivity contribution in [3.8, 4) is 0 Å². The fourth-order valence-corrected chi connectivity index (χ4v) is 1.88. The lowest BCUT2D eigenvalue weighted by Crippen LogP contribution is -2.43. The van der Waals surface area contributed by atoms with Gasteiger partial charge in [0, 0.05) is 26.7 Å². The first-order chi connectivity index (χ1) is 9.23. The molecule has 0 aromatic carbocycles. The minimum atomic E-state index is -0.421. The van der Waals surface area contributed by atoms with Gasteiger partial charge in [-0.3, -0.25) is 14.5 Å². The highest BCUT2D eigenvalue weighted by Crippen LogP contribution is 2.09. The highest BCUT2D eigenvalue weighted by molar-refractivity contribution is 6.04. The summed E-state index contributed by atoms with van der Waals surface area (Å²) < 4.78 is 0. The van der Waals surface area contributed by atoms with Gasteiger partial charge < -0.3 is 15.5 Å². The molecule has 1 unspecified atom stereocenters. The van der Waals surface area contributed by atoms with E-state index in [4.69, 9.17) is 5.73 Å². The molecule has 0 radical (unpaired) electrons. The number of carbonyl (C=O) groups excluding carboxylic acids is 3. The summed E-state index contributed by atoms with van der Waals surface area (Å²) in [5.74, 6) is -0.232. The van der Waals surface area contributed by atoms with E-state index >= 15 is 0 Å². The Morgan fingerprint density at radius 3 is 2.45 bits per heavy atom. The lowest BCUT2D eigenvalue weighted by atomic mass is 10.0. The van der Waals surface area contributed by atoms with Crippen LogP contribution in [-0.4, -0.2) is 72.3 Å². The van der Waals surface area contributed by atoms with Gasteiger partial charge in [0.2, 0.25) is 5.91 Å². The maximum atomic E-state index is 12.0. The van der Waals surface area contributed by atoms with Crippen LogP contribution in [0.15, 0.2) is 0 Å². The standard InChI is InChI=1S/C13H24N4O3/c1-9(2)10(14)5-6-15(3)11(18)8-17-12(19)7-16(4)13(17)20/h9-10H,5-8,14H2,1-4H3. The minimum Gasteiger partial charge on any atom is -0.344 e. The first-order valence-electron chi connectivity index (χ1n) is 6.79. The van der Waals surface area contributed by atoms with E-state index in [1.165, 1.54) is 16.8 Å². The maximum Gasteiger partial charge on any atom is 0.327 e. The SMILES string of the molecule is CC(C)C(N)CCN(C)C(=O)CN1C(=O)CN(C)C1=O. The maximum absolute atomic E-state index is 12.0. The second-order valence-electron chi connectivity index (χ2n) is 5.63. The number of hydrogen-bond donors (Lipinski definition) is 1. The van der Waals surface area contributed by atoms with Crippen LogP contribution in [0.2, 0.25) is 0 Å². The summed E-state index contributed by atoms with van der Waals surface area (Å²) in [4.78, 5) is 39.0. The molecule has 0 bridgehead atoms. The van der Waals surface area contributed by atoms with Crippen LogP contribution < -0.4 is 5.73 Å². The second-order valence-corrected chi connectivity index (χ2v) is 5.63. The molecule has 7 nitrogen and oxygen atoms in total. The molecule has 1 atom stereocenters. The quantitative estimate of drug-likeness (QED) is 0.679. The molecule has 1 aliphatic rings. The number of amides is 4. The van der Waals surface area contributed by atoms with Gasteiger partial charge in [0.1, 0.15) is 13.1 Å². The van der Waals surface area contributed by atoms with Crippen LogP contribution in [0, 0.1) is 5.92 Å². The van der Waals surface area contributed by atoms with Crippen LogP contribution in [0.3, 0.4) is 0 Å². The van der Waals surface area contributed by atoms with Gasteiger partial charge >= 0.3 is 6.03 Å². The zero-order chi connectivity index (χ0) is 15.4. The average molecular weight is 284 g/mol. The van der Waals surface area contributed by atoms with Gasteiger partial charge in [-0.15, -0.1) is 0 Å². The Hall–Kier alpha value is -1.63. The highest BCUT2D eigenvalue weighted by atomic mass is 16.2. The Labute approximate surface area is 119 Å². The molecule has 1 fully saturated rings. The Morgan fingerprint density at radius 2 is 2.00 bits per heavy atom. The Bertz CT molecular complexity index is 397. The van der Waals surface area contributed by atoms with Gasteiger partial charge in [0.25, 0.3) is 5.91 Å². The van der Waals surface area contributed by atoms with E-state index in [1.54, 1.807) is 7.05 Å². The zero-order valence-corrected chi connectivity index (χ0v) is 12.6. The van der Waals surface area contributed by atoms with Gasteiger partial charge in [0.15, 0.2) is 0 Å². The number of urea groups is 1. The van der Waals surface area contributed by atoms with Crippen LogP contribution in [0.1, 0.15) is 20.3 Å². The average Bonchev–Trinajstić information content (AvgIpc) is 2.61. The van der Waals surface area contributed by atoms with Crippen molar-refractivity contribution in [1.29, 1.82) is 0 Å². The Morgan fingerprint density at radius 1 is 1.40 bits per heavy atom. The topological polar surface area (TPSA) is 86.9 Å². The highest BCUT2D eigenvalue weighted by Gasteiger charge is 2.35. The van der Waals surface area contributed by atoms with Crippen molar-refractivity contribution >= 4 is 17.8 Å². The molecule has 0 aromatic heterocycles. The molecule has 7 heteroatoms. The third-order valence-electron chi connectivity index (χ3n) is 3.60. The van der Waals surface area contributed by atoms with Crippen LogP contribution in [-0.2, 0) is 9.59 Å². The van der Waals surface area contributed by atoms with E-state index in [0.717, 1.165) is 4.90 Å². The molecule has 1 saturated heterocycles. The Kier molecular flexibility index (Phi) is 5.50. The number of hydrogen-bond acceptors (Lipinski definition) is 4. The summed E-state index contributed by atoms with van der Waals surface area (Å²) in [6.07, 6.45) is 0.696. The summed E-state index contributed by atoms with van der Waals surface area (Å²) in [5, 5.41) is 0. The van der Waals surface area contributed by atoms with E-state index in [-0.39, 0.29) is 30.9 Å². The molecule has 1 aliphatic heterocycles. The van der Waals surface area contributed by atoms with Gasteiger partial charge in [0.05, 0.1) is 0 Å². The summed E-state index contributed by atoms with van der Waals surface area (Å²) in [7, 11) is 3.19. The van der Waals surface area contributed by atoms with Crippen molar-refractivity contribution < 1.29 is 14.4 Å². The van der Waals surface area contributed by atoms with Crippen molar-refractivity contribution in [2.24, 2.45) is 11.7 Å². The monoisotopic (exact) mass is 284 g/mol. The molecule has 1 rings (SSSR count). The normalized spacial score (nSPS) is 17.1.